The largest absolute Gasteiger partial charge is 0.392 e. The number of carbonyl (C=O) groups excluding carboxylic acids is 1. The zero-order valence-electron chi connectivity index (χ0n) is 24.8. The topological polar surface area (TPSA) is 83.1 Å². The first-order chi connectivity index (χ1) is 20.6. The number of amides is 2. The van der Waals surface area contributed by atoms with Crippen molar-refractivity contribution in [2.45, 2.75) is 77.1 Å². The third-order valence-electron chi connectivity index (χ3n) is 8.31. The molecule has 0 radical (unpaired) electrons. The first-order valence-electron chi connectivity index (χ1n) is 15.6. The van der Waals surface area contributed by atoms with Gasteiger partial charge < -0.3 is 30.1 Å². The van der Waals surface area contributed by atoms with Crippen molar-refractivity contribution in [2.24, 2.45) is 0 Å². The Kier molecular flexibility index (Phi) is 11.0. The van der Waals surface area contributed by atoms with Crippen LogP contribution in [0.5, 0.6) is 0 Å². The maximum Gasteiger partial charge on any atom is 0.315 e. The van der Waals surface area contributed by atoms with E-state index in [9.17, 15) is 9.90 Å². The van der Waals surface area contributed by atoms with Crippen LogP contribution in [0.2, 0.25) is 0 Å². The number of urea groups is 1. The highest BCUT2D eigenvalue weighted by Gasteiger charge is 2.33. The van der Waals surface area contributed by atoms with Crippen LogP contribution in [0, 0.1) is 0 Å². The van der Waals surface area contributed by atoms with Gasteiger partial charge in [0.25, 0.3) is 0 Å². The highest BCUT2D eigenvalue weighted by atomic mass is 16.7. The number of rotatable bonds is 9. The molecule has 2 saturated heterocycles. The van der Waals surface area contributed by atoms with Gasteiger partial charge in [0.15, 0.2) is 6.29 Å². The van der Waals surface area contributed by atoms with Crippen LogP contribution in [0.3, 0.4) is 0 Å². The monoisotopic (exact) mass is 571 g/mol. The van der Waals surface area contributed by atoms with Gasteiger partial charge in [-0.2, -0.15) is 0 Å². The molecule has 5 rings (SSSR count). The zero-order valence-corrected chi connectivity index (χ0v) is 24.8. The first-order valence-corrected chi connectivity index (χ1v) is 15.6. The molecule has 224 valence electrons. The molecule has 7 heteroatoms. The molecule has 42 heavy (non-hydrogen) atoms. The Morgan fingerprint density at radius 2 is 1.55 bits per heavy atom. The number of likely N-dealkylation sites (tertiary alicyclic amines) is 1. The normalized spacial score (nSPS) is 21.7. The zero-order chi connectivity index (χ0) is 29.1. The van der Waals surface area contributed by atoms with Crippen molar-refractivity contribution < 1.29 is 19.4 Å². The van der Waals surface area contributed by atoms with E-state index in [1.54, 1.807) is 0 Å². The number of benzene rings is 3. The maximum absolute atomic E-state index is 12.0. The summed E-state index contributed by atoms with van der Waals surface area (Å²) >= 11 is 0. The van der Waals surface area contributed by atoms with Crippen molar-refractivity contribution in [3.8, 4) is 11.1 Å². The average molecular weight is 572 g/mol. The molecule has 2 fully saturated rings. The Bertz CT molecular complexity index is 1260. The fourth-order valence-corrected chi connectivity index (χ4v) is 5.99. The van der Waals surface area contributed by atoms with Crippen LogP contribution in [-0.2, 0) is 22.6 Å². The van der Waals surface area contributed by atoms with Crippen LogP contribution >= 0.6 is 0 Å². The van der Waals surface area contributed by atoms with E-state index >= 15 is 0 Å². The van der Waals surface area contributed by atoms with Gasteiger partial charge in [0.2, 0.25) is 0 Å². The number of aliphatic hydroxyl groups is 1. The van der Waals surface area contributed by atoms with Crippen LogP contribution in [0.1, 0.15) is 80.1 Å². The molecule has 2 aliphatic rings. The fourth-order valence-electron chi connectivity index (χ4n) is 5.99. The molecule has 0 aromatic heterocycles. The van der Waals surface area contributed by atoms with Gasteiger partial charge in [-0.3, -0.25) is 0 Å². The van der Waals surface area contributed by atoms with Crippen molar-refractivity contribution in [3.63, 3.8) is 0 Å². The minimum absolute atomic E-state index is 0.0343. The summed E-state index contributed by atoms with van der Waals surface area (Å²) in [5, 5.41) is 15.2. The lowest BCUT2D eigenvalue weighted by Crippen LogP contribution is -2.40. The number of nitrogens with zero attached hydrogens (tertiary/aromatic N) is 1. The molecule has 3 atom stereocenters. The van der Waals surface area contributed by atoms with Gasteiger partial charge in [-0.05, 0) is 60.7 Å². The van der Waals surface area contributed by atoms with Gasteiger partial charge in [-0.25, -0.2) is 4.79 Å². The molecule has 2 aliphatic heterocycles. The Morgan fingerprint density at radius 1 is 0.857 bits per heavy atom. The number of aliphatic hydroxyl groups excluding tert-OH is 1. The lowest BCUT2D eigenvalue weighted by molar-refractivity contribution is -0.253. The second-order valence-electron chi connectivity index (χ2n) is 11.4. The fraction of sp³-hybridized carbons (Fsp3) is 0.457. The van der Waals surface area contributed by atoms with Crippen molar-refractivity contribution in [3.05, 3.63) is 95.1 Å². The minimum Gasteiger partial charge on any atom is -0.392 e. The smallest absolute Gasteiger partial charge is 0.315 e. The van der Waals surface area contributed by atoms with Gasteiger partial charge in [-0.15, -0.1) is 0 Å². The first kappa shape index (κ1) is 30.2. The lowest BCUT2D eigenvalue weighted by Gasteiger charge is -2.39. The summed E-state index contributed by atoms with van der Waals surface area (Å²) in [4.78, 5) is 14.5. The predicted octanol–water partition coefficient (Wildman–Crippen LogP) is 6.48. The van der Waals surface area contributed by atoms with E-state index in [-0.39, 0.29) is 24.8 Å². The second-order valence-corrected chi connectivity index (χ2v) is 11.4. The van der Waals surface area contributed by atoms with E-state index in [1.165, 1.54) is 32.1 Å². The van der Waals surface area contributed by atoms with Crippen LogP contribution in [-0.4, -0.2) is 48.3 Å². The molecular formula is C35H45N3O4. The van der Waals surface area contributed by atoms with Gasteiger partial charge >= 0.3 is 6.03 Å². The van der Waals surface area contributed by atoms with E-state index in [0.717, 1.165) is 59.4 Å². The predicted molar refractivity (Wildman–Crippen MR) is 166 cm³/mol. The summed E-state index contributed by atoms with van der Waals surface area (Å²) in [5.74, 6) is 0. The van der Waals surface area contributed by atoms with Gasteiger partial charge in [-0.1, -0.05) is 92.1 Å². The Morgan fingerprint density at radius 3 is 2.26 bits per heavy atom. The highest BCUT2D eigenvalue weighted by Crippen LogP contribution is 2.39. The standard InChI is InChI=1S/C35H45N3O4/c1-2-36-35(40)37-23-30-10-6-7-11-32(30)27-16-18-29(19-17-27)34-41-31(24-38-20-8-4-3-5-9-21-38)22-33(42-34)28-14-12-26(25-39)13-15-28/h6-7,10-19,31,33-34,39H,2-5,8-9,20-25H2,1H3,(H2,36,37,40)/t31-,33+,34+/m1/s1. The van der Waals surface area contributed by atoms with E-state index < -0.39 is 6.29 Å². The van der Waals surface area contributed by atoms with Crippen molar-refractivity contribution in [2.75, 3.05) is 26.2 Å². The third-order valence-corrected chi connectivity index (χ3v) is 8.31. The molecule has 3 aromatic carbocycles. The van der Waals surface area contributed by atoms with Gasteiger partial charge in [0.05, 0.1) is 18.8 Å². The lowest BCUT2D eigenvalue weighted by atomic mass is 9.97. The molecule has 0 aliphatic carbocycles. The molecule has 3 aromatic rings. The molecule has 0 spiro atoms. The summed E-state index contributed by atoms with van der Waals surface area (Å²) in [6, 6.07) is 24.5. The molecule has 3 N–H and O–H groups in total. The number of ether oxygens (including phenoxy) is 2. The van der Waals surface area contributed by atoms with Crippen LogP contribution in [0.4, 0.5) is 4.79 Å². The van der Waals surface area contributed by atoms with Crippen molar-refractivity contribution in [1.29, 1.82) is 0 Å². The van der Waals surface area contributed by atoms with Gasteiger partial charge in [0.1, 0.15) is 0 Å². The summed E-state index contributed by atoms with van der Waals surface area (Å²) in [6.45, 7) is 6.15. The van der Waals surface area contributed by atoms with Gasteiger partial charge in [0, 0.05) is 31.6 Å². The Hall–Kier alpha value is -3.23. The Labute approximate surface area is 250 Å². The number of carbonyl (C=O) groups is 1. The van der Waals surface area contributed by atoms with E-state index in [0.29, 0.717) is 13.1 Å². The van der Waals surface area contributed by atoms with E-state index in [4.69, 9.17) is 9.47 Å². The summed E-state index contributed by atoms with van der Waals surface area (Å²) in [7, 11) is 0. The van der Waals surface area contributed by atoms with Crippen LogP contribution < -0.4 is 10.6 Å². The van der Waals surface area contributed by atoms with Crippen molar-refractivity contribution >= 4 is 6.03 Å². The molecule has 7 nitrogen and oxygen atoms in total. The maximum atomic E-state index is 12.0. The molecule has 2 amide bonds. The number of nitrogens with one attached hydrogen (secondary N) is 2. The Balaban J connectivity index is 1.33. The van der Waals surface area contributed by atoms with Crippen molar-refractivity contribution in [1.82, 2.24) is 15.5 Å². The molecule has 0 bridgehead atoms. The number of hydrogen-bond acceptors (Lipinski definition) is 5. The molecule has 2 heterocycles. The van der Waals surface area contributed by atoms with E-state index in [1.807, 2.05) is 37.3 Å². The SMILES string of the molecule is CCNC(=O)NCc1ccccc1-c1ccc([C@H]2O[C@@H](CN3CCCCCCC3)C[C@@H](c3ccc(CO)cc3)O2)cc1. The molecule has 0 saturated carbocycles. The minimum atomic E-state index is -0.468. The third kappa shape index (κ3) is 8.19. The molecular weight excluding hydrogens is 526 g/mol. The van der Waals surface area contributed by atoms with Crippen LogP contribution in [0.15, 0.2) is 72.8 Å². The second kappa shape index (κ2) is 15.3. The van der Waals surface area contributed by atoms with E-state index in [2.05, 4.69) is 58.0 Å². The average Bonchev–Trinajstić information content (AvgIpc) is 3.01. The summed E-state index contributed by atoms with van der Waals surface area (Å²) < 4.78 is 13.2. The summed E-state index contributed by atoms with van der Waals surface area (Å²) in [6.07, 6.45) is 6.78. The molecule has 0 unspecified atom stereocenters. The quantitative estimate of drug-likeness (QED) is 0.274. The van der Waals surface area contributed by atoms with Crippen LogP contribution in [0.25, 0.3) is 11.1 Å². The summed E-state index contributed by atoms with van der Waals surface area (Å²) in [5.41, 5.74) is 6.23. The number of hydrogen-bond donors (Lipinski definition) is 3. The highest BCUT2D eigenvalue weighted by molar-refractivity contribution is 5.74.